The Morgan fingerprint density at radius 2 is 2.00 bits per heavy atom. The number of carbonyl (C=O) groups excluding carboxylic acids is 1. The van der Waals surface area contributed by atoms with E-state index in [1.54, 1.807) is 18.2 Å². The highest BCUT2D eigenvalue weighted by Crippen LogP contribution is 2.29. The highest BCUT2D eigenvalue weighted by molar-refractivity contribution is 7.89. The van der Waals surface area contributed by atoms with Gasteiger partial charge in [0.05, 0.1) is 28.3 Å². The summed E-state index contributed by atoms with van der Waals surface area (Å²) in [6.07, 6.45) is 1.71. The predicted molar refractivity (Wildman–Crippen MR) is 127 cm³/mol. The fraction of sp³-hybridized carbons (Fsp3) is 0.391. The molecule has 0 amide bonds. The Morgan fingerprint density at radius 3 is 2.75 bits per heavy atom. The van der Waals surface area contributed by atoms with Gasteiger partial charge in [0.25, 0.3) is 0 Å². The number of benzene rings is 2. The van der Waals surface area contributed by atoms with Gasteiger partial charge in [-0.15, -0.1) is 0 Å². The Kier molecular flexibility index (Phi) is 6.78. The number of rotatable bonds is 8. The number of hydrogen-bond donors (Lipinski definition) is 1. The number of nitrogens with one attached hydrogen (secondary N) is 1. The first-order chi connectivity index (χ1) is 15.4. The van der Waals surface area contributed by atoms with Crippen LogP contribution in [0.1, 0.15) is 37.0 Å². The van der Waals surface area contributed by atoms with E-state index in [9.17, 15) is 13.2 Å². The van der Waals surface area contributed by atoms with Gasteiger partial charge in [-0.05, 0) is 56.0 Å². The maximum absolute atomic E-state index is 13.0. The summed E-state index contributed by atoms with van der Waals surface area (Å²) in [5, 5.41) is 3.70. The fourth-order valence-electron chi connectivity index (χ4n) is 3.70. The lowest BCUT2D eigenvalue weighted by Gasteiger charge is -2.29. The number of carbonyl (C=O) groups is 1. The number of ketones is 1. The number of nitrogens with zero attached hydrogens (tertiary/aromatic N) is 2. The molecule has 0 aliphatic carbocycles. The van der Waals surface area contributed by atoms with Crippen molar-refractivity contribution in [3.8, 4) is 5.75 Å². The van der Waals surface area contributed by atoms with Gasteiger partial charge in [0.2, 0.25) is 10.0 Å². The Bertz CT molecular complexity index is 1210. The van der Waals surface area contributed by atoms with E-state index < -0.39 is 10.0 Å². The summed E-state index contributed by atoms with van der Waals surface area (Å²) in [5.74, 6) is 1.13. The Hall–Kier alpha value is -2.49. The summed E-state index contributed by atoms with van der Waals surface area (Å²) in [4.78, 5) is 17.4. The molecule has 170 valence electrons. The molecule has 0 radical (unpaired) electrons. The molecule has 0 saturated carbocycles. The molecule has 0 bridgehead atoms. The van der Waals surface area contributed by atoms with Crippen LogP contribution in [-0.4, -0.2) is 49.7 Å². The molecular weight excluding hydrogens is 446 g/mol. The molecule has 9 heteroatoms. The number of fused-ring (bicyclic) bond motifs is 1. The molecule has 1 saturated heterocycles. The standard InChI is InChI=1S/C23H27N3O4S2/c1-3-30-18-7-8-20-22(14-18)31-23(25-20)24-15-21(27)17-5-4-6-19(13-17)32(28,29)26-11-9-16(2)10-12-26/h4-8,13-14,16H,3,9-12,15H2,1-2H3,(H,24,25). The Labute approximate surface area is 192 Å². The van der Waals surface area contributed by atoms with E-state index in [0.29, 0.717) is 36.3 Å². The lowest BCUT2D eigenvalue weighted by molar-refractivity contribution is 0.101. The molecule has 1 aromatic heterocycles. The summed E-state index contributed by atoms with van der Waals surface area (Å²) in [6.45, 7) is 5.73. The lowest BCUT2D eigenvalue weighted by Crippen LogP contribution is -2.37. The summed E-state index contributed by atoms with van der Waals surface area (Å²) in [7, 11) is -3.60. The quantitative estimate of drug-likeness (QED) is 0.488. The van der Waals surface area contributed by atoms with Gasteiger partial charge >= 0.3 is 0 Å². The molecule has 2 aromatic carbocycles. The third-order valence-corrected chi connectivity index (χ3v) is 8.48. The number of thiazole rings is 1. The summed E-state index contributed by atoms with van der Waals surface area (Å²) in [5.41, 5.74) is 1.20. The van der Waals surface area contributed by atoms with Crippen LogP contribution in [0.3, 0.4) is 0 Å². The minimum absolute atomic E-state index is 0.0306. The molecule has 0 unspecified atom stereocenters. The third kappa shape index (κ3) is 4.95. The summed E-state index contributed by atoms with van der Waals surface area (Å²) >= 11 is 1.44. The van der Waals surface area contributed by atoms with Crippen LogP contribution in [0, 0.1) is 5.92 Å². The van der Waals surface area contributed by atoms with Crippen LogP contribution in [0.2, 0.25) is 0 Å². The Balaban J connectivity index is 1.44. The van der Waals surface area contributed by atoms with Crippen LogP contribution in [0.4, 0.5) is 5.13 Å². The van der Waals surface area contributed by atoms with Gasteiger partial charge in [0.15, 0.2) is 10.9 Å². The molecule has 0 atom stereocenters. The van der Waals surface area contributed by atoms with E-state index in [1.807, 2.05) is 25.1 Å². The normalized spacial score (nSPS) is 15.7. The van der Waals surface area contributed by atoms with Crippen LogP contribution < -0.4 is 10.1 Å². The van der Waals surface area contributed by atoms with E-state index in [0.717, 1.165) is 28.8 Å². The van der Waals surface area contributed by atoms with E-state index in [4.69, 9.17) is 4.74 Å². The number of anilines is 1. The number of hydrogen-bond acceptors (Lipinski definition) is 7. The summed E-state index contributed by atoms with van der Waals surface area (Å²) < 4.78 is 34.0. The zero-order valence-corrected chi connectivity index (χ0v) is 19.8. The van der Waals surface area contributed by atoms with Crippen LogP contribution in [0.5, 0.6) is 5.75 Å². The molecule has 1 N–H and O–H groups in total. The second-order valence-corrected chi connectivity index (χ2v) is 10.9. The maximum atomic E-state index is 13.0. The molecule has 1 aliphatic heterocycles. The van der Waals surface area contributed by atoms with Gasteiger partial charge in [-0.1, -0.05) is 30.4 Å². The van der Waals surface area contributed by atoms with E-state index in [2.05, 4.69) is 17.2 Å². The van der Waals surface area contributed by atoms with Gasteiger partial charge in [0, 0.05) is 18.7 Å². The number of ether oxygens (including phenoxy) is 1. The number of piperidine rings is 1. The largest absolute Gasteiger partial charge is 0.494 e. The maximum Gasteiger partial charge on any atom is 0.243 e. The van der Waals surface area contributed by atoms with Crippen molar-refractivity contribution in [2.75, 3.05) is 31.6 Å². The van der Waals surface area contributed by atoms with Crippen LogP contribution in [0.25, 0.3) is 10.2 Å². The molecule has 4 rings (SSSR count). The molecule has 1 fully saturated rings. The molecule has 32 heavy (non-hydrogen) atoms. The van der Waals surface area contributed by atoms with Crippen molar-refractivity contribution in [1.82, 2.24) is 9.29 Å². The predicted octanol–water partition coefficient (Wildman–Crippen LogP) is 4.41. The fourth-order valence-corrected chi connectivity index (χ4v) is 6.11. The first-order valence-electron chi connectivity index (χ1n) is 10.8. The van der Waals surface area contributed by atoms with Crippen molar-refractivity contribution >= 4 is 42.5 Å². The van der Waals surface area contributed by atoms with Crippen molar-refractivity contribution in [2.24, 2.45) is 5.92 Å². The molecule has 1 aliphatic rings. The SMILES string of the molecule is CCOc1ccc2nc(NCC(=O)c3cccc(S(=O)(=O)N4CCC(C)CC4)c3)sc2c1. The van der Waals surface area contributed by atoms with E-state index >= 15 is 0 Å². The topological polar surface area (TPSA) is 88.6 Å². The van der Waals surface area contributed by atoms with Crippen molar-refractivity contribution in [3.05, 3.63) is 48.0 Å². The van der Waals surface area contributed by atoms with Crippen LogP contribution in [-0.2, 0) is 10.0 Å². The number of aromatic nitrogens is 1. The zero-order chi connectivity index (χ0) is 22.7. The second kappa shape index (κ2) is 9.56. The highest BCUT2D eigenvalue weighted by atomic mass is 32.2. The monoisotopic (exact) mass is 473 g/mol. The second-order valence-electron chi connectivity index (χ2n) is 7.97. The van der Waals surface area contributed by atoms with Crippen molar-refractivity contribution in [1.29, 1.82) is 0 Å². The van der Waals surface area contributed by atoms with Gasteiger partial charge in [0.1, 0.15) is 5.75 Å². The minimum atomic E-state index is -3.60. The number of sulfonamides is 1. The van der Waals surface area contributed by atoms with Crippen LogP contribution >= 0.6 is 11.3 Å². The molecule has 2 heterocycles. The Morgan fingerprint density at radius 1 is 1.22 bits per heavy atom. The minimum Gasteiger partial charge on any atom is -0.494 e. The smallest absolute Gasteiger partial charge is 0.243 e. The first-order valence-corrected chi connectivity index (χ1v) is 13.0. The van der Waals surface area contributed by atoms with Gasteiger partial charge in [-0.25, -0.2) is 13.4 Å². The third-order valence-electron chi connectivity index (χ3n) is 5.61. The first kappa shape index (κ1) is 22.7. The van der Waals surface area contributed by atoms with E-state index in [-0.39, 0.29) is 17.2 Å². The van der Waals surface area contributed by atoms with Crippen LogP contribution in [0.15, 0.2) is 47.4 Å². The molecule has 0 spiro atoms. The molecular formula is C23H27N3O4S2. The number of Topliss-reactive ketones (excluding diaryl/α,β-unsaturated/α-hetero) is 1. The van der Waals surface area contributed by atoms with Gasteiger partial charge in [-0.2, -0.15) is 4.31 Å². The van der Waals surface area contributed by atoms with Crippen molar-refractivity contribution in [2.45, 2.75) is 31.6 Å². The lowest BCUT2D eigenvalue weighted by atomic mass is 10.0. The molecule has 7 nitrogen and oxygen atoms in total. The highest BCUT2D eigenvalue weighted by Gasteiger charge is 2.28. The van der Waals surface area contributed by atoms with E-state index in [1.165, 1.54) is 21.7 Å². The molecule has 3 aromatic rings. The summed E-state index contributed by atoms with van der Waals surface area (Å²) in [6, 6.07) is 12.0. The van der Waals surface area contributed by atoms with Gasteiger partial charge in [-0.3, -0.25) is 4.79 Å². The average molecular weight is 474 g/mol. The van der Waals surface area contributed by atoms with Gasteiger partial charge < -0.3 is 10.1 Å². The zero-order valence-electron chi connectivity index (χ0n) is 18.2. The van der Waals surface area contributed by atoms with Crippen molar-refractivity contribution < 1.29 is 17.9 Å². The average Bonchev–Trinajstić information content (AvgIpc) is 3.20. The van der Waals surface area contributed by atoms with Crippen molar-refractivity contribution in [3.63, 3.8) is 0 Å².